The largest absolute Gasteiger partial charge is 0.495 e. The molecule has 10 nitrogen and oxygen atoms in total. The Morgan fingerprint density at radius 1 is 1.48 bits per heavy atom. The molecule has 1 unspecified atom stereocenters. The summed E-state index contributed by atoms with van der Waals surface area (Å²) in [5, 5.41) is 13.5. The van der Waals surface area contributed by atoms with Crippen molar-refractivity contribution in [2.75, 3.05) is 38.7 Å². The van der Waals surface area contributed by atoms with Gasteiger partial charge in [0.25, 0.3) is 11.6 Å². The van der Waals surface area contributed by atoms with E-state index in [-0.39, 0.29) is 23.7 Å². The highest BCUT2D eigenvalue weighted by Gasteiger charge is 2.33. The molecule has 1 saturated heterocycles. The van der Waals surface area contributed by atoms with Crippen LogP contribution in [0.4, 0.5) is 11.4 Å². The second-order valence-corrected chi connectivity index (χ2v) is 7.00. The van der Waals surface area contributed by atoms with Crippen molar-refractivity contribution in [1.82, 2.24) is 4.90 Å². The average Bonchev–Trinajstić information content (AvgIpc) is 3.02. The van der Waals surface area contributed by atoms with Crippen molar-refractivity contribution in [3.8, 4) is 5.75 Å². The van der Waals surface area contributed by atoms with E-state index in [4.69, 9.17) is 9.47 Å². The first-order chi connectivity index (χ1) is 13.0. The highest BCUT2D eigenvalue weighted by molar-refractivity contribution is 8.15. The number of anilines is 1. The van der Waals surface area contributed by atoms with E-state index in [0.717, 1.165) is 0 Å². The zero-order valence-electron chi connectivity index (χ0n) is 14.5. The van der Waals surface area contributed by atoms with Crippen LogP contribution in [0.3, 0.4) is 0 Å². The number of morpholine rings is 1. The SMILES string of the molecule is COc1ccc([N+](=O)[O-])cc1NC(=O)CC1SC(N2CCOCC2)=NC1=O. The van der Waals surface area contributed by atoms with Crippen molar-refractivity contribution in [3.05, 3.63) is 28.3 Å². The molecule has 2 heterocycles. The molecule has 1 atom stereocenters. The highest BCUT2D eigenvalue weighted by Crippen LogP contribution is 2.31. The number of nitro benzene ring substituents is 1. The minimum Gasteiger partial charge on any atom is -0.495 e. The Kier molecular flexibility index (Phi) is 5.91. The summed E-state index contributed by atoms with van der Waals surface area (Å²) in [5.41, 5.74) is 0.0109. The van der Waals surface area contributed by atoms with Crippen LogP contribution in [0.25, 0.3) is 0 Å². The van der Waals surface area contributed by atoms with E-state index in [2.05, 4.69) is 10.3 Å². The zero-order valence-corrected chi connectivity index (χ0v) is 15.4. The lowest BCUT2D eigenvalue weighted by atomic mass is 10.2. The minimum absolute atomic E-state index is 0.0906. The summed E-state index contributed by atoms with van der Waals surface area (Å²) >= 11 is 1.25. The van der Waals surface area contributed by atoms with Crippen LogP contribution in [0.2, 0.25) is 0 Å². The number of non-ortho nitro benzene ring substituents is 1. The fourth-order valence-electron chi connectivity index (χ4n) is 2.68. The Morgan fingerprint density at radius 2 is 2.22 bits per heavy atom. The summed E-state index contributed by atoms with van der Waals surface area (Å²) in [6.07, 6.45) is -0.0906. The minimum atomic E-state index is -0.618. The van der Waals surface area contributed by atoms with Gasteiger partial charge in [-0.1, -0.05) is 11.8 Å². The maximum atomic E-state index is 12.4. The fraction of sp³-hybridized carbons (Fsp3) is 0.438. The molecule has 0 aliphatic carbocycles. The normalized spacial score (nSPS) is 19.6. The number of nitrogens with zero attached hydrogens (tertiary/aromatic N) is 3. The quantitative estimate of drug-likeness (QED) is 0.585. The second-order valence-electron chi connectivity index (χ2n) is 5.83. The number of amides is 2. The number of ether oxygens (including phenoxy) is 2. The summed E-state index contributed by atoms with van der Waals surface area (Å²) in [7, 11) is 1.40. The van der Waals surface area contributed by atoms with Gasteiger partial charge >= 0.3 is 0 Å². The first kappa shape index (κ1) is 19.1. The number of benzene rings is 1. The molecule has 2 amide bonds. The molecule has 0 radical (unpaired) electrons. The van der Waals surface area contributed by atoms with Crippen LogP contribution in [-0.4, -0.2) is 65.5 Å². The van der Waals surface area contributed by atoms with Crippen LogP contribution >= 0.6 is 11.8 Å². The average molecular weight is 394 g/mol. The van der Waals surface area contributed by atoms with Crippen LogP contribution in [0, 0.1) is 10.1 Å². The van der Waals surface area contributed by atoms with E-state index in [1.54, 1.807) is 0 Å². The molecule has 1 N–H and O–H groups in total. The molecular formula is C16H18N4O6S. The summed E-state index contributed by atoms with van der Waals surface area (Å²) in [6.45, 7) is 2.46. The molecular weight excluding hydrogens is 376 g/mol. The van der Waals surface area contributed by atoms with Gasteiger partial charge in [0.2, 0.25) is 5.91 Å². The molecule has 27 heavy (non-hydrogen) atoms. The zero-order chi connectivity index (χ0) is 19.4. The number of hydrogen-bond donors (Lipinski definition) is 1. The van der Waals surface area contributed by atoms with E-state index in [0.29, 0.717) is 37.2 Å². The molecule has 144 valence electrons. The molecule has 0 spiro atoms. The third-order valence-electron chi connectivity index (χ3n) is 4.05. The van der Waals surface area contributed by atoms with Crippen LogP contribution in [0.5, 0.6) is 5.75 Å². The third kappa shape index (κ3) is 4.55. The van der Waals surface area contributed by atoms with Crippen molar-refractivity contribution < 1.29 is 24.0 Å². The van der Waals surface area contributed by atoms with E-state index in [1.165, 1.54) is 37.1 Å². The summed E-state index contributed by atoms with van der Waals surface area (Å²) in [5.74, 6) is -0.509. The lowest BCUT2D eigenvalue weighted by Gasteiger charge is -2.27. The molecule has 0 saturated carbocycles. The van der Waals surface area contributed by atoms with Crippen LogP contribution in [0.1, 0.15) is 6.42 Å². The number of amidine groups is 1. The number of thioether (sulfide) groups is 1. The Hall–Kier alpha value is -2.66. The Balaban J connectivity index is 1.62. The fourth-order valence-corrected chi connectivity index (χ4v) is 3.79. The summed E-state index contributed by atoms with van der Waals surface area (Å²) < 4.78 is 10.4. The second kappa shape index (κ2) is 8.35. The van der Waals surface area contributed by atoms with Gasteiger partial charge in [-0.05, 0) is 6.07 Å². The van der Waals surface area contributed by atoms with E-state index < -0.39 is 16.1 Å². The number of nitrogens with one attached hydrogen (secondary N) is 1. The van der Waals surface area contributed by atoms with Gasteiger partial charge in [-0.3, -0.25) is 19.7 Å². The third-order valence-corrected chi connectivity index (χ3v) is 5.26. The number of carbonyl (C=O) groups excluding carboxylic acids is 2. The van der Waals surface area contributed by atoms with Gasteiger partial charge in [0.15, 0.2) is 5.17 Å². The molecule has 3 rings (SSSR count). The molecule has 0 aromatic heterocycles. The molecule has 1 aromatic carbocycles. The molecule has 2 aliphatic heterocycles. The number of carbonyl (C=O) groups is 2. The Morgan fingerprint density at radius 3 is 2.89 bits per heavy atom. The monoisotopic (exact) mass is 394 g/mol. The molecule has 1 fully saturated rings. The van der Waals surface area contributed by atoms with Crippen molar-refractivity contribution in [1.29, 1.82) is 0 Å². The smallest absolute Gasteiger partial charge is 0.271 e. The molecule has 11 heteroatoms. The number of rotatable bonds is 5. The van der Waals surface area contributed by atoms with Crippen molar-refractivity contribution in [2.24, 2.45) is 4.99 Å². The molecule has 1 aromatic rings. The van der Waals surface area contributed by atoms with Crippen LogP contribution < -0.4 is 10.1 Å². The van der Waals surface area contributed by atoms with Gasteiger partial charge < -0.3 is 19.7 Å². The Labute approximate surface area is 159 Å². The van der Waals surface area contributed by atoms with Gasteiger partial charge in [-0.25, -0.2) is 0 Å². The number of nitro groups is 1. The molecule has 2 aliphatic rings. The van der Waals surface area contributed by atoms with Gasteiger partial charge in [0, 0.05) is 31.6 Å². The maximum absolute atomic E-state index is 12.4. The Bertz CT molecular complexity index is 793. The van der Waals surface area contributed by atoms with Crippen molar-refractivity contribution in [3.63, 3.8) is 0 Å². The maximum Gasteiger partial charge on any atom is 0.271 e. The van der Waals surface area contributed by atoms with Gasteiger partial charge in [-0.2, -0.15) is 4.99 Å². The van der Waals surface area contributed by atoms with Gasteiger partial charge in [0.1, 0.15) is 11.0 Å². The first-order valence-electron chi connectivity index (χ1n) is 8.22. The summed E-state index contributed by atoms with van der Waals surface area (Å²) in [6, 6.07) is 3.91. The number of hydrogen-bond acceptors (Lipinski definition) is 8. The number of aliphatic imine (C=N–C) groups is 1. The first-order valence-corrected chi connectivity index (χ1v) is 9.10. The van der Waals surface area contributed by atoms with E-state index >= 15 is 0 Å². The summed E-state index contributed by atoms with van der Waals surface area (Å²) in [4.78, 5) is 40.8. The topological polar surface area (TPSA) is 123 Å². The van der Waals surface area contributed by atoms with Crippen LogP contribution in [0.15, 0.2) is 23.2 Å². The van der Waals surface area contributed by atoms with Gasteiger partial charge in [0.05, 0.1) is 30.9 Å². The predicted molar refractivity (Wildman–Crippen MR) is 99.1 cm³/mol. The standard InChI is InChI=1S/C16H18N4O6S/c1-25-12-3-2-10(20(23)24)8-11(12)17-14(21)9-13-15(22)18-16(27-13)19-4-6-26-7-5-19/h2-3,8,13H,4-7,9H2,1H3,(H,17,21). The lowest BCUT2D eigenvalue weighted by molar-refractivity contribution is -0.384. The van der Waals surface area contributed by atoms with E-state index in [9.17, 15) is 19.7 Å². The van der Waals surface area contributed by atoms with Gasteiger partial charge in [-0.15, -0.1) is 0 Å². The van der Waals surface area contributed by atoms with E-state index in [1.807, 2.05) is 4.90 Å². The van der Waals surface area contributed by atoms with Crippen LogP contribution in [-0.2, 0) is 14.3 Å². The molecule has 0 bridgehead atoms. The predicted octanol–water partition coefficient (Wildman–Crippen LogP) is 1.26. The van der Waals surface area contributed by atoms with Crippen molar-refractivity contribution >= 4 is 40.1 Å². The van der Waals surface area contributed by atoms with Crippen molar-refractivity contribution in [2.45, 2.75) is 11.7 Å². The highest BCUT2D eigenvalue weighted by atomic mass is 32.2. The lowest BCUT2D eigenvalue weighted by Crippen LogP contribution is -2.39. The number of methoxy groups -OCH3 is 1.